The molecule has 0 bridgehead atoms. The zero-order valence-electron chi connectivity index (χ0n) is 8.27. The molecule has 70 valence electrons. The summed E-state index contributed by atoms with van der Waals surface area (Å²) in [6.07, 6.45) is 3.15. The van der Waals surface area contributed by atoms with Crippen molar-refractivity contribution in [3.05, 3.63) is 24.4 Å². The molecule has 0 aliphatic carbocycles. The van der Waals surface area contributed by atoms with Gasteiger partial charge in [-0.3, -0.25) is 0 Å². The molecule has 1 aliphatic heterocycles. The van der Waals surface area contributed by atoms with Gasteiger partial charge >= 0.3 is 0 Å². The highest BCUT2D eigenvalue weighted by Crippen LogP contribution is 2.26. The zero-order valence-corrected chi connectivity index (χ0v) is 8.27. The Labute approximate surface area is 79.6 Å². The molecule has 2 heteroatoms. The number of hydrogen-bond donors (Lipinski definition) is 0. The van der Waals surface area contributed by atoms with Crippen LogP contribution in [0.3, 0.4) is 0 Å². The van der Waals surface area contributed by atoms with Crippen LogP contribution in [0.4, 0.5) is 5.82 Å². The molecule has 1 aromatic rings. The largest absolute Gasteiger partial charge is 0.354 e. The monoisotopic (exact) mass is 176 g/mol. The number of rotatable bonds is 1. The van der Waals surface area contributed by atoms with Gasteiger partial charge in [0.25, 0.3) is 0 Å². The van der Waals surface area contributed by atoms with E-state index in [1.54, 1.807) is 0 Å². The number of pyridine rings is 1. The maximum Gasteiger partial charge on any atom is 0.128 e. The second-order valence-corrected chi connectivity index (χ2v) is 4.03. The van der Waals surface area contributed by atoms with Crippen LogP contribution in [-0.2, 0) is 0 Å². The Bertz CT molecular complexity index is 271. The quantitative estimate of drug-likeness (QED) is 0.652. The summed E-state index contributed by atoms with van der Waals surface area (Å²) in [5.41, 5.74) is 0. The maximum absolute atomic E-state index is 4.37. The van der Waals surface area contributed by atoms with Crippen molar-refractivity contribution in [3.8, 4) is 0 Å². The minimum Gasteiger partial charge on any atom is -0.354 e. The fourth-order valence-corrected chi connectivity index (χ4v) is 2.14. The first kappa shape index (κ1) is 8.54. The van der Waals surface area contributed by atoms with Gasteiger partial charge < -0.3 is 4.90 Å². The Hall–Kier alpha value is -1.05. The number of nitrogens with zero attached hydrogens (tertiary/aromatic N) is 2. The number of aromatic nitrogens is 1. The van der Waals surface area contributed by atoms with E-state index in [-0.39, 0.29) is 0 Å². The Morgan fingerprint density at radius 3 is 2.77 bits per heavy atom. The van der Waals surface area contributed by atoms with E-state index in [0.717, 1.165) is 18.3 Å². The Kier molecular flexibility index (Phi) is 2.21. The first-order valence-electron chi connectivity index (χ1n) is 4.95. The standard InChI is InChI=1S/C11H16N2/c1-9-7-10(2)13(8-9)11-5-3-4-6-12-11/h3-6,9-10H,7-8H2,1-2H3. The van der Waals surface area contributed by atoms with Gasteiger partial charge in [-0.15, -0.1) is 0 Å². The third-order valence-electron chi connectivity index (χ3n) is 2.73. The molecule has 0 radical (unpaired) electrons. The van der Waals surface area contributed by atoms with Crippen molar-refractivity contribution >= 4 is 5.82 Å². The zero-order chi connectivity index (χ0) is 9.26. The minimum absolute atomic E-state index is 0.643. The van der Waals surface area contributed by atoms with Crippen LogP contribution in [0, 0.1) is 5.92 Å². The SMILES string of the molecule is CC1CC(C)N(c2ccccn2)C1. The predicted molar refractivity (Wildman–Crippen MR) is 54.8 cm³/mol. The van der Waals surface area contributed by atoms with Crippen LogP contribution in [0.1, 0.15) is 20.3 Å². The third-order valence-corrected chi connectivity index (χ3v) is 2.73. The highest BCUT2D eigenvalue weighted by Gasteiger charge is 2.26. The van der Waals surface area contributed by atoms with Gasteiger partial charge in [-0.2, -0.15) is 0 Å². The van der Waals surface area contributed by atoms with Crippen molar-refractivity contribution in [2.45, 2.75) is 26.3 Å². The van der Waals surface area contributed by atoms with Gasteiger partial charge in [0.15, 0.2) is 0 Å². The first-order valence-corrected chi connectivity index (χ1v) is 4.95. The summed E-state index contributed by atoms with van der Waals surface area (Å²) in [6.45, 7) is 5.73. The molecule has 2 nitrogen and oxygen atoms in total. The lowest BCUT2D eigenvalue weighted by molar-refractivity contribution is 0.625. The molecule has 0 N–H and O–H groups in total. The molecule has 1 aliphatic rings. The summed E-state index contributed by atoms with van der Waals surface area (Å²) < 4.78 is 0. The first-order chi connectivity index (χ1) is 6.27. The summed E-state index contributed by atoms with van der Waals surface area (Å²) in [6, 6.07) is 6.75. The van der Waals surface area contributed by atoms with Gasteiger partial charge in [0.2, 0.25) is 0 Å². The van der Waals surface area contributed by atoms with Crippen molar-refractivity contribution in [1.29, 1.82) is 0 Å². The normalized spacial score (nSPS) is 28.0. The molecule has 1 saturated heterocycles. The molecule has 2 heterocycles. The molecule has 0 saturated carbocycles. The van der Waals surface area contributed by atoms with Crippen molar-refractivity contribution in [1.82, 2.24) is 4.98 Å². The molecule has 0 aromatic carbocycles. The molecule has 2 rings (SSSR count). The van der Waals surface area contributed by atoms with Crippen LogP contribution in [0.15, 0.2) is 24.4 Å². The van der Waals surface area contributed by atoms with E-state index in [1.165, 1.54) is 6.42 Å². The molecular weight excluding hydrogens is 160 g/mol. The fraction of sp³-hybridized carbons (Fsp3) is 0.545. The van der Waals surface area contributed by atoms with Gasteiger partial charge in [0, 0.05) is 18.8 Å². The second kappa shape index (κ2) is 3.36. The van der Waals surface area contributed by atoms with Gasteiger partial charge in [-0.25, -0.2) is 4.98 Å². The highest BCUT2D eigenvalue weighted by molar-refractivity contribution is 5.40. The lowest BCUT2D eigenvalue weighted by Gasteiger charge is -2.22. The molecule has 0 amide bonds. The van der Waals surface area contributed by atoms with E-state index in [0.29, 0.717) is 6.04 Å². The van der Waals surface area contributed by atoms with Crippen LogP contribution >= 0.6 is 0 Å². The third kappa shape index (κ3) is 1.67. The molecule has 2 atom stereocenters. The summed E-state index contributed by atoms with van der Waals surface area (Å²) in [7, 11) is 0. The second-order valence-electron chi connectivity index (χ2n) is 4.03. The van der Waals surface area contributed by atoms with Gasteiger partial charge in [-0.05, 0) is 31.4 Å². The van der Waals surface area contributed by atoms with Crippen molar-refractivity contribution in [2.24, 2.45) is 5.92 Å². The van der Waals surface area contributed by atoms with Crippen LogP contribution in [0.2, 0.25) is 0 Å². The molecule has 1 aromatic heterocycles. The highest BCUT2D eigenvalue weighted by atomic mass is 15.2. The smallest absolute Gasteiger partial charge is 0.128 e. The predicted octanol–water partition coefficient (Wildman–Crippen LogP) is 2.32. The average Bonchev–Trinajstić information content (AvgIpc) is 2.47. The molecular formula is C11H16N2. The summed E-state index contributed by atoms with van der Waals surface area (Å²) in [5.74, 6) is 1.93. The molecule has 1 fully saturated rings. The van der Waals surface area contributed by atoms with Crippen LogP contribution in [0.25, 0.3) is 0 Å². The van der Waals surface area contributed by atoms with Gasteiger partial charge in [0.1, 0.15) is 5.82 Å². The Morgan fingerprint density at radius 2 is 2.23 bits per heavy atom. The topological polar surface area (TPSA) is 16.1 Å². The van der Waals surface area contributed by atoms with Crippen LogP contribution in [0.5, 0.6) is 0 Å². The van der Waals surface area contributed by atoms with Crippen molar-refractivity contribution < 1.29 is 0 Å². The number of hydrogen-bond acceptors (Lipinski definition) is 2. The molecule has 2 unspecified atom stereocenters. The molecule has 13 heavy (non-hydrogen) atoms. The van der Waals surface area contributed by atoms with E-state index >= 15 is 0 Å². The van der Waals surface area contributed by atoms with Gasteiger partial charge in [-0.1, -0.05) is 13.0 Å². The summed E-state index contributed by atoms with van der Waals surface area (Å²) >= 11 is 0. The lowest BCUT2D eigenvalue weighted by atomic mass is 10.1. The minimum atomic E-state index is 0.643. The fourth-order valence-electron chi connectivity index (χ4n) is 2.14. The lowest BCUT2D eigenvalue weighted by Crippen LogP contribution is -2.27. The van der Waals surface area contributed by atoms with Gasteiger partial charge in [0.05, 0.1) is 0 Å². The summed E-state index contributed by atoms with van der Waals surface area (Å²) in [4.78, 5) is 6.77. The molecule has 0 spiro atoms. The van der Waals surface area contributed by atoms with Crippen molar-refractivity contribution in [3.63, 3.8) is 0 Å². The van der Waals surface area contributed by atoms with E-state index < -0.39 is 0 Å². The number of anilines is 1. The average molecular weight is 176 g/mol. The van der Waals surface area contributed by atoms with Crippen molar-refractivity contribution in [2.75, 3.05) is 11.4 Å². The van der Waals surface area contributed by atoms with Crippen LogP contribution in [-0.4, -0.2) is 17.6 Å². The Morgan fingerprint density at radius 1 is 1.38 bits per heavy atom. The van der Waals surface area contributed by atoms with E-state index in [9.17, 15) is 0 Å². The Balaban J connectivity index is 2.18. The van der Waals surface area contributed by atoms with Crippen LogP contribution < -0.4 is 4.90 Å². The van der Waals surface area contributed by atoms with E-state index in [4.69, 9.17) is 0 Å². The van der Waals surface area contributed by atoms with E-state index in [2.05, 4.69) is 35.9 Å². The summed E-state index contributed by atoms with van der Waals surface area (Å²) in [5, 5.41) is 0. The van der Waals surface area contributed by atoms with E-state index in [1.807, 2.05) is 12.3 Å². The maximum atomic E-state index is 4.37.